The molecule has 1 N–H and O–H groups in total. The first kappa shape index (κ1) is 11.3. The van der Waals surface area contributed by atoms with Crippen molar-refractivity contribution in [2.24, 2.45) is 0 Å². The van der Waals surface area contributed by atoms with Crippen molar-refractivity contribution in [2.75, 3.05) is 12.3 Å². The zero-order chi connectivity index (χ0) is 11.4. The zero-order valence-corrected chi connectivity index (χ0v) is 9.92. The first-order valence-corrected chi connectivity index (χ1v) is 6.31. The molecule has 2 heterocycles. The number of amides is 1. The third kappa shape index (κ3) is 2.66. The minimum Gasteiger partial charge on any atom is -0.479 e. The summed E-state index contributed by atoms with van der Waals surface area (Å²) in [6, 6.07) is 3.77. The predicted octanol–water partition coefficient (Wildman–Crippen LogP) is 1.46. The van der Waals surface area contributed by atoms with E-state index >= 15 is 0 Å². The van der Waals surface area contributed by atoms with E-state index in [2.05, 4.69) is 17.2 Å². The smallest absolute Gasteiger partial charge is 0.261 e. The highest BCUT2D eigenvalue weighted by atomic mass is 32.2. The van der Waals surface area contributed by atoms with Crippen molar-refractivity contribution in [3.63, 3.8) is 0 Å². The average molecular weight is 238 g/mol. The van der Waals surface area contributed by atoms with Gasteiger partial charge in [0, 0.05) is 13.0 Å². The first-order chi connectivity index (χ1) is 7.79. The Morgan fingerprint density at radius 1 is 1.62 bits per heavy atom. The highest BCUT2D eigenvalue weighted by Crippen LogP contribution is 2.19. The fourth-order valence-electron chi connectivity index (χ4n) is 1.52. The van der Waals surface area contributed by atoms with Crippen molar-refractivity contribution in [3.05, 3.63) is 18.3 Å². The van der Waals surface area contributed by atoms with Gasteiger partial charge < -0.3 is 10.1 Å². The molecule has 0 bridgehead atoms. The molecule has 2 rings (SSSR count). The van der Waals surface area contributed by atoms with Gasteiger partial charge in [0.2, 0.25) is 0 Å². The Balaban J connectivity index is 1.96. The van der Waals surface area contributed by atoms with Crippen molar-refractivity contribution in [1.29, 1.82) is 0 Å². The van der Waals surface area contributed by atoms with Crippen LogP contribution < -0.4 is 10.1 Å². The van der Waals surface area contributed by atoms with Crippen LogP contribution in [-0.2, 0) is 4.79 Å². The van der Waals surface area contributed by atoms with E-state index in [1.807, 2.05) is 12.1 Å². The maximum atomic E-state index is 11.3. The summed E-state index contributed by atoms with van der Waals surface area (Å²) in [4.78, 5) is 15.5. The summed E-state index contributed by atoms with van der Waals surface area (Å²) in [5.41, 5.74) is 0. The summed E-state index contributed by atoms with van der Waals surface area (Å²) >= 11 is 1.68. The molecule has 1 aromatic heterocycles. The molecular formula is C11H14N2O2S. The molecule has 1 amide bonds. The number of hydrogen-bond donors (Lipinski definition) is 1. The fourth-order valence-corrected chi connectivity index (χ4v) is 2.11. The molecule has 1 atom stereocenters. The molecule has 1 aliphatic heterocycles. The van der Waals surface area contributed by atoms with E-state index < -0.39 is 0 Å². The van der Waals surface area contributed by atoms with E-state index in [9.17, 15) is 4.79 Å². The van der Waals surface area contributed by atoms with Crippen molar-refractivity contribution >= 4 is 17.7 Å². The van der Waals surface area contributed by atoms with Crippen molar-refractivity contribution < 1.29 is 9.53 Å². The SMILES string of the molecule is CCSc1ccc(OC2CCNC2=O)cn1. The number of carbonyl (C=O) groups is 1. The fraction of sp³-hybridized carbons (Fsp3) is 0.455. The number of rotatable bonds is 4. The van der Waals surface area contributed by atoms with Gasteiger partial charge in [0.05, 0.1) is 11.2 Å². The molecule has 4 nitrogen and oxygen atoms in total. The monoisotopic (exact) mass is 238 g/mol. The normalized spacial score (nSPS) is 19.6. The van der Waals surface area contributed by atoms with Crippen molar-refractivity contribution in [1.82, 2.24) is 10.3 Å². The largest absolute Gasteiger partial charge is 0.479 e. The number of pyridine rings is 1. The molecule has 0 radical (unpaired) electrons. The van der Waals surface area contributed by atoms with Crippen molar-refractivity contribution in [3.8, 4) is 5.75 Å². The van der Waals surface area contributed by atoms with Gasteiger partial charge in [-0.2, -0.15) is 0 Å². The van der Waals surface area contributed by atoms with Crippen LogP contribution in [0.2, 0.25) is 0 Å². The zero-order valence-electron chi connectivity index (χ0n) is 9.10. The van der Waals surface area contributed by atoms with Crippen LogP contribution in [0, 0.1) is 0 Å². The summed E-state index contributed by atoms with van der Waals surface area (Å²) in [6.07, 6.45) is 2.04. The van der Waals surface area contributed by atoms with Gasteiger partial charge in [0.25, 0.3) is 5.91 Å². The van der Waals surface area contributed by atoms with Gasteiger partial charge in [-0.25, -0.2) is 4.98 Å². The minimum atomic E-state index is -0.355. The van der Waals surface area contributed by atoms with Gasteiger partial charge in [-0.3, -0.25) is 4.79 Å². The Morgan fingerprint density at radius 2 is 2.50 bits per heavy atom. The first-order valence-electron chi connectivity index (χ1n) is 5.33. The van der Waals surface area contributed by atoms with Gasteiger partial charge >= 0.3 is 0 Å². The third-order valence-corrected chi connectivity index (χ3v) is 3.10. The van der Waals surface area contributed by atoms with Gasteiger partial charge in [-0.05, 0) is 17.9 Å². The second-order valence-electron chi connectivity index (χ2n) is 3.45. The highest BCUT2D eigenvalue weighted by molar-refractivity contribution is 7.99. The summed E-state index contributed by atoms with van der Waals surface area (Å²) in [6.45, 7) is 2.78. The summed E-state index contributed by atoms with van der Waals surface area (Å²) in [5.74, 6) is 1.62. The number of ether oxygens (including phenoxy) is 1. The molecule has 1 aromatic rings. The molecule has 0 aliphatic carbocycles. The lowest BCUT2D eigenvalue weighted by molar-refractivity contribution is -0.124. The molecule has 1 unspecified atom stereocenters. The molecule has 0 spiro atoms. The lowest BCUT2D eigenvalue weighted by Crippen LogP contribution is -2.27. The molecule has 5 heteroatoms. The lowest BCUT2D eigenvalue weighted by atomic mass is 10.3. The van der Waals surface area contributed by atoms with Crippen LogP contribution in [0.1, 0.15) is 13.3 Å². The van der Waals surface area contributed by atoms with Crippen LogP contribution in [-0.4, -0.2) is 29.3 Å². The van der Waals surface area contributed by atoms with Crippen LogP contribution >= 0.6 is 11.8 Å². The van der Waals surface area contributed by atoms with E-state index in [-0.39, 0.29) is 12.0 Å². The summed E-state index contributed by atoms with van der Waals surface area (Å²) in [7, 11) is 0. The quantitative estimate of drug-likeness (QED) is 0.807. The number of hydrogen-bond acceptors (Lipinski definition) is 4. The maximum Gasteiger partial charge on any atom is 0.261 e. The summed E-state index contributed by atoms with van der Waals surface area (Å²) in [5, 5.41) is 3.71. The van der Waals surface area contributed by atoms with E-state index in [4.69, 9.17) is 4.74 Å². The van der Waals surface area contributed by atoms with Crippen LogP contribution in [0.4, 0.5) is 0 Å². The molecular weight excluding hydrogens is 224 g/mol. The Hall–Kier alpha value is -1.23. The van der Waals surface area contributed by atoms with Crippen LogP contribution in [0.25, 0.3) is 0 Å². The minimum absolute atomic E-state index is 0.0352. The maximum absolute atomic E-state index is 11.3. The van der Waals surface area contributed by atoms with Gasteiger partial charge in [-0.15, -0.1) is 11.8 Å². The molecule has 86 valence electrons. The van der Waals surface area contributed by atoms with Gasteiger partial charge in [0.1, 0.15) is 5.75 Å². The van der Waals surface area contributed by atoms with E-state index in [1.165, 1.54) is 0 Å². The molecule has 16 heavy (non-hydrogen) atoms. The molecule has 0 aromatic carbocycles. The topological polar surface area (TPSA) is 51.2 Å². The Kier molecular flexibility index (Phi) is 3.66. The predicted molar refractivity (Wildman–Crippen MR) is 62.7 cm³/mol. The standard InChI is InChI=1S/C11H14N2O2S/c1-2-16-10-4-3-8(7-13-10)15-9-5-6-12-11(9)14/h3-4,7,9H,2,5-6H2,1H3,(H,12,14). The van der Waals surface area contributed by atoms with E-state index in [0.717, 1.165) is 17.2 Å². The number of nitrogens with zero attached hydrogens (tertiary/aromatic N) is 1. The number of carbonyl (C=O) groups excluding carboxylic acids is 1. The molecule has 1 saturated heterocycles. The number of nitrogens with one attached hydrogen (secondary N) is 1. The van der Waals surface area contributed by atoms with Crippen molar-refractivity contribution in [2.45, 2.75) is 24.5 Å². The Bertz CT molecular complexity index is 367. The van der Waals surface area contributed by atoms with Crippen LogP contribution in [0.5, 0.6) is 5.75 Å². The Labute approximate surface area is 98.8 Å². The van der Waals surface area contributed by atoms with E-state index in [1.54, 1.807) is 18.0 Å². The second-order valence-corrected chi connectivity index (χ2v) is 4.74. The van der Waals surface area contributed by atoms with Gasteiger partial charge in [0.15, 0.2) is 6.10 Å². The Morgan fingerprint density at radius 3 is 3.06 bits per heavy atom. The van der Waals surface area contributed by atoms with Crippen LogP contribution in [0.15, 0.2) is 23.4 Å². The molecule has 0 saturated carbocycles. The third-order valence-electron chi connectivity index (χ3n) is 2.28. The van der Waals surface area contributed by atoms with Crippen LogP contribution in [0.3, 0.4) is 0 Å². The van der Waals surface area contributed by atoms with Gasteiger partial charge in [-0.1, -0.05) is 6.92 Å². The van der Waals surface area contributed by atoms with E-state index in [0.29, 0.717) is 12.3 Å². The molecule has 1 fully saturated rings. The summed E-state index contributed by atoms with van der Waals surface area (Å²) < 4.78 is 5.54. The number of thioether (sulfide) groups is 1. The molecule has 1 aliphatic rings. The number of aromatic nitrogens is 1. The lowest BCUT2D eigenvalue weighted by Gasteiger charge is -2.10. The average Bonchev–Trinajstić information content (AvgIpc) is 2.68. The highest BCUT2D eigenvalue weighted by Gasteiger charge is 2.25. The second kappa shape index (κ2) is 5.21.